The van der Waals surface area contributed by atoms with Gasteiger partial charge in [-0.3, -0.25) is 0 Å². The third-order valence-corrected chi connectivity index (χ3v) is 8.38. The van der Waals surface area contributed by atoms with Crippen LogP contribution in [0.4, 0.5) is 0 Å². The van der Waals surface area contributed by atoms with Gasteiger partial charge < -0.3 is 9.47 Å². The Morgan fingerprint density at radius 1 is 1.00 bits per heavy atom. The fraction of sp³-hybridized carbons (Fsp3) is 1.00. The van der Waals surface area contributed by atoms with E-state index in [4.69, 9.17) is 9.47 Å². The van der Waals surface area contributed by atoms with Gasteiger partial charge in [0.05, 0.1) is 13.2 Å². The van der Waals surface area contributed by atoms with Gasteiger partial charge in [-0.05, 0) is 42.4 Å². The SMILES string of the molecule is BrC12CC3C4CC5C3C1C1(OCCO1)C5C42. The Morgan fingerprint density at radius 3 is 2.56 bits per heavy atom. The van der Waals surface area contributed by atoms with Gasteiger partial charge in [0, 0.05) is 16.2 Å². The van der Waals surface area contributed by atoms with E-state index in [1.165, 1.54) is 12.8 Å². The van der Waals surface area contributed by atoms with Crippen LogP contribution in [-0.4, -0.2) is 23.3 Å². The van der Waals surface area contributed by atoms with Crippen molar-refractivity contribution in [3.63, 3.8) is 0 Å². The molecule has 6 saturated carbocycles. The maximum atomic E-state index is 6.18. The molecule has 7 rings (SSSR count). The van der Waals surface area contributed by atoms with Gasteiger partial charge in [-0.2, -0.15) is 0 Å². The molecular weight excluding hydrogens is 268 g/mol. The normalized spacial score (nSPS) is 74.4. The third kappa shape index (κ3) is 0.522. The Bertz CT molecular complexity index is 418. The fourth-order valence-corrected chi connectivity index (χ4v) is 8.97. The predicted octanol–water partition coefficient (Wildman–Crippen LogP) is 2.02. The van der Waals surface area contributed by atoms with Gasteiger partial charge in [-0.1, -0.05) is 15.9 Å². The number of halogens is 1. The van der Waals surface area contributed by atoms with Gasteiger partial charge in [0.1, 0.15) is 0 Å². The maximum Gasteiger partial charge on any atom is 0.176 e. The molecule has 1 aliphatic heterocycles. The molecule has 1 heterocycles. The lowest BCUT2D eigenvalue weighted by atomic mass is 9.71. The summed E-state index contributed by atoms with van der Waals surface area (Å²) < 4.78 is 12.8. The van der Waals surface area contributed by atoms with E-state index in [1.54, 1.807) is 0 Å². The third-order valence-electron chi connectivity index (χ3n) is 7.03. The molecule has 0 aromatic heterocycles. The molecule has 3 heteroatoms. The molecule has 16 heavy (non-hydrogen) atoms. The first-order valence-electron chi connectivity index (χ1n) is 6.74. The molecule has 7 fully saturated rings. The van der Waals surface area contributed by atoms with E-state index < -0.39 is 0 Å². The van der Waals surface area contributed by atoms with Gasteiger partial charge in [0.15, 0.2) is 5.79 Å². The Balaban J connectivity index is 1.68. The fourth-order valence-electron chi connectivity index (χ4n) is 7.34. The van der Waals surface area contributed by atoms with Gasteiger partial charge in [0.25, 0.3) is 0 Å². The average Bonchev–Trinajstić information content (AvgIpc) is 2.97. The highest BCUT2D eigenvalue weighted by molar-refractivity contribution is 9.10. The van der Waals surface area contributed by atoms with Crippen LogP contribution in [0.15, 0.2) is 0 Å². The van der Waals surface area contributed by atoms with Crippen LogP contribution in [0.25, 0.3) is 0 Å². The van der Waals surface area contributed by atoms with E-state index in [0.717, 1.165) is 48.7 Å². The molecule has 0 aromatic rings. The summed E-state index contributed by atoms with van der Waals surface area (Å²) in [6.45, 7) is 1.66. The number of rotatable bonds is 0. The van der Waals surface area contributed by atoms with E-state index in [2.05, 4.69) is 15.9 Å². The molecule has 1 spiro atoms. The summed E-state index contributed by atoms with van der Waals surface area (Å²) in [6.07, 6.45) is 2.90. The molecule has 0 amide bonds. The smallest absolute Gasteiger partial charge is 0.176 e. The first-order chi connectivity index (χ1) is 7.77. The molecule has 6 aliphatic carbocycles. The zero-order valence-electron chi connectivity index (χ0n) is 9.06. The van der Waals surface area contributed by atoms with Crippen LogP contribution in [0, 0.1) is 41.4 Å². The molecule has 0 N–H and O–H groups in total. The van der Waals surface area contributed by atoms with Crippen LogP contribution in [0.5, 0.6) is 0 Å². The highest BCUT2D eigenvalue weighted by Crippen LogP contribution is 2.89. The number of alkyl halides is 1. The Kier molecular flexibility index (Phi) is 1.09. The molecule has 0 radical (unpaired) electrons. The van der Waals surface area contributed by atoms with Crippen LogP contribution < -0.4 is 0 Å². The van der Waals surface area contributed by atoms with Crippen molar-refractivity contribution in [3.8, 4) is 0 Å². The van der Waals surface area contributed by atoms with Gasteiger partial charge >= 0.3 is 0 Å². The van der Waals surface area contributed by atoms with E-state index in [9.17, 15) is 0 Å². The summed E-state index contributed by atoms with van der Waals surface area (Å²) in [5.41, 5.74) is 0. The Labute approximate surface area is 103 Å². The van der Waals surface area contributed by atoms with Crippen LogP contribution in [-0.2, 0) is 9.47 Å². The minimum absolute atomic E-state index is 0.135. The van der Waals surface area contributed by atoms with Crippen LogP contribution in [0.2, 0.25) is 0 Å². The van der Waals surface area contributed by atoms with Crippen molar-refractivity contribution in [3.05, 3.63) is 0 Å². The van der Waals surface area contributed by atoms with Gasteiger partial charge in [-0.15, -0.1) is 0 Å². The summed E-state index contributed by atoms with van der Waals surface area (Å²) >= 11 is 4.14. The second kappa shape index (κ2) is 2.06. The topological polar surface area (TPSA) is 18.5 Å². The first kappa shape index (κ1) is 8.49. The predicted molar refractivity (Wildman–Crippen MR) is 60.0 cm³/mol. The van der Waals surface area contributed by atoms with Crippen molar-refractivity contribution in [2.75, 3.05) is 13.2 Å². The minimum Gasteiger partial charge on any atom is -0.347 e. The molecule has 0 aromatic carbocycles. The molecule has 2 nitrogen and oxygen atoms in total. The summed E-state index contributed by atoms with van der Waals surface area (Å²) in [5, 5.41) is 0. The molecule has 8 unspecified atom stereocenters. The Morgan fingerprint density at radius 2 is 1.81 bits per heavy atom. The number of hydrogen-bond acceptors (Lipinski definition) is 2. The second-order valence-corrected chi connectivity index (χ2v) is 8.36. The van der Waals surface area contributed by atoms with Crippen molar-refractivity contribution < 1.29 is 9.47 Å². The van der Waals surface area contributed by atoms with E-state index in [-0.39, 0.29) is 5.79 Å². The van der Waals surface area contributed by atoms with Crippen molar-refractivity contribution in [2.45, 2.75) is 23.0 Å². The van der Waals surface area contributed by atoms with Gasteiger partial charge in [0.2, 0.25) is 0 Å². The van der Waals surface area contributed by atoms with Gasteiger partial charge in [-0.25, -0.2) is 0 Å². The quantitative estimate of drug-likeness (QED) is 0.633. The van der Waals surface area contributed by atoms with E-state index >= 15 is 0 Å². The molecular formula is C13H15BrO2. The monoisotopic (exact) mass is 282 g/mol. The summed E-state index contributed by atoms with van der Waals surface area (Å²) in [5.74, 6) is 6.11. The van der Waals surface area contributed by atoms with Crippen molar-refractivity contribution >= 4 is 15.9 Å². The summed E-state index contributed by atoms with van der Waals surface area (Å²) in [7, 11) is 0. The molecule has 6 bridgehead atoms. The Hall–Kier alpha value is 0.400. The molecule has 8 atom stereocenters. The maximum absolute atomic E-state index is 6.18. The lowest BCUT2D eigenvalue weighted by Crippen LogP contribution is -2.41. The first-order valence-corrected chi connectivity index (χ1v) is 7.53. The van der Waals surface area contributed by atoms with Crippen LogP contribution in [0.3, 0.4) is 0 Å². The number of ether oxygens (including phenoxy) is 2. The summed E-state index contributed by atoms with van der Waals surface area (Å²) in [6, 6.07) is 0. The van der Waals surface area contributed by atoms with Crippen LogP contribution >= 0.6 is 15.9 Å². The van der Waals surface area contributed by atoms with Crippen molar-refractivity contribution in [2.24, 2.45) is 41.4 Å². The lowest BCUT2D eigenvalue weighted by molar-refractivity contribution is -0.194. The standard InChI is InChI=1S/C13H15BrO2/c14-12-4-7-5-3-6-8(7)11(12)13(10(6)9(5)12)15-1-2-16-13/h5-11H,1-4H2. The molecule has 1 saturated heterocycles. The van der Waals surface area contributed by atoms with E-state index in [1.807, 2.05) is 0 Å². The highest BCUT2D eigenvalue weighted by atomic mass is 79.9. The second-order valence-electron chi connectivity index (χ2n) is 6.88. The lowest BCUT2D eigenvalue weighted by Gasteiger charge is -2.37. The number of hydrogen-bond donors (Lipinski definition) is 0. The zero-order valence-corrected chi connectivity index (χ0v) is 10.7. The van der Waals surface area contributed by atoms with Crippen LogP contribution in [0.1, 0.15) is 12.8 Å². The summed E-state index contributed by atoms with van der Waals surface area (Å²) in [4.78, 5) is 0. The minimum atomic E-state index is -0.135. The average molecular weight is 283 g/mol. The highest BCUT2D eigenvalue weighted by Gasteiger charge is 2.91. The molecule has 7 aliphatic rings. The van der Waals surface area contributed by atoms with Crippen molar-refractivity contribution in [1.29, 1.82) is 0 Å². The molecule has 86 valence electrons. The zero-order chi connectivity index (χ0) is 10.3. The van der Waals surface area contributed by atoms with E-state index in [0.29, 0.717) is 10.2 Å². The van der Waals surface area contributed by atoms with Crippen molar-refractivity contribution in [1.82, 2.24) is 0 Å². The largest absolute Gasteiger partial charge is 0.347 e.